The molecule has 1 aromatic heterocycles. The van der Waals surface area contributed by atoms with Crippen molar-refractivity contribution in [2.24, 2.45) is 0 Å². The summed E-state index contributed by atoms with van der Waals surface area (Å²) in [6.45, 7) is 6.34. The Morgan fingerprint density at radius 3 is 2.58 bits per heavy atom. The third kappa shape index (κ3) is 4.64. The van der Waals surface area contributed by atoms with Crippen LogP contribution in [0, 0.1) is 0 Å². The SMILES string of the molecule is COC(=O)c1ccccc1NC(=O)CCc1nc(C(C)(C)C)cs1. The Bertz CT molecular complexity index is 732. The molecule has 0 aliphatic rings. The predicted molar refractivity (Wildman–Crippen MR) is 95.5 cm³/mol. The number of hydrogen-bond acceptors (Lipinski definition) is 5. The van der Waals surface area contributed by atoms with E-state index < -0.39 is 5.97 Å². The smallest absolute Gasteiger partial charge is 0.339 e. The normalized spacial score (nSPS) is 11.2. The largest absolute Gasteiger partial charge is 0.465 e. The number of para-hydroxylation sites is 1. The van der Waals surface area contributed by atoms with Gasteiger partial charge in [0.2, 0.25) is 5.91 Å². The van der Waals surface area contributed by atoms with Crippen LogP contribution in [0.3, 0.4) is 0 Å². The average Bonchev–Trinajstić information content (AvgIpc) is 3.02. The molecular weight excluding hydrogens is 324 g/mol. The van der Waals surface area contributed by atoms with E-state index in [1.165, 1.54) is 7.11 Å². The molecule has 0 aliphatic carbocycles. The van der Waals surface area contributed by atoms with Gasteiger partial charge in [-0.25, -0.2) is 9.78 Å². The molecule has 1 amide bonds. The van der Waals surface area contributed by atoms with Crippen molar-refractivity contribution in [1.29, 1.82) is 0 Å². The minimum atomic E-state index is -0.472. The highest BCUT2D eigenvalue weighted by molar-refractivity contribution is 7.09. The van der Waals surface area contributed by atoms with Crippen molar-refractivity contribution >= 4 is 28.9 Å². The lowest BCUT2D eigenvalue weighted by molar-refractivity contribution is -0.116. The molecule has 5 nitrogen and oxygen atoms in total. The van der Waals surface area contributed by atoms with Crippen LogP contribution < -0.4 is 5.32 Å². The maximum Gasteiger partial charge on any atom is 0.339 e. The van der Waals surface area contributed by atoms with E-state index in [0.717, 1.165) is 10.7 Å². The first-order chi connectivity index (χ1) is 11.3. The van der Waals surface area contributed by atoms with E-state index in [2.05, 4.69) is 31.1 Å². The van der Waals surface area contributed by atoms with E-state index in [0.29, 0.717) is 24.1 Å². The summed E-state index contributed by atoms with van der Waals surface area (Å²) in [4.78, 5) is 28.5. The lowest BCUT2D eigenvalue weighted by atomic mass is 9.93. The number of carbonyl (C=O) groups excluding carboxylic acids is 2. The van der Waals surface area contributed by atoms with Crippen molar-refractivity contribution in [2.75, 3.05) is 12.4 Å². The Labute approximate surface area is 146 Å². The van der Waals surface area contributed by atoms with Gasteiger partial charge < -0.3 is 10.1 Å². The highest BCUT2D eigenvalue weighted by Gasteiger charge is 2.18. The summed E-state index contributed by atoms with van der Waals surface area (Å²) < 4.78 is 4.72. The molecule has 0 unspecified atom stereocenters. The second-order valence-corrected chi connectivity index (χ2v) is 7.40. The van der Waals surface area contributed by atoms with Crippen LogP contribution in [-0.4, -0.2) is 24.0 Å². The molecule has 0 aliphatic heterocycles. The third-order valence-corrected chi connectivity index (χ3v) is 4.40. The number of benzene rings is 1. The summed E-state index contributed by atoms with van der Waals surface area (Å²) in [7, 11) is 1.32. The Hall–Kier alpha value is -2.21. The van der Waals surface area contributed by atoms with Crippen molar-refractivity contribution in [3.05, 3.63) is 45.9 Å². The molecule has 1 N–H and O–H groups in total. The molecule has 0 spiro atoms. The fourth-order valence-electron chi connectivity index (χ4n) is 2.08. The summed E-state index contributed by atoms with van der Waals surface area (Å²) in [5.41, 5.74) is 1.86. The van der Waals surface area contributed by atoms with Gasteiger partial charge in [0.15, 0.2) is 0 Å². The summed E-state index contributed by atoms with van der Waals surface area (Å²) >= 11 is 1.57. The molecule has 0 radical (unpaired) electrons. The summed E-state index contributed by atoms with van der Waals surface area (Å²) in [6.07, 6.45) is 0.888. The van der Waals surface area contributed by atoms with Gasteiger partial charge in [-0.2, -0.15) is 0 Å². The van der Waals surface area contributed by atoms with Gasteiger partial charge in [0, 0.05) is 23.6 Å². The van der Waals surface area contributed by atoms with Gasteiger partial charge in [-0.3, -0.25) is 4.79 Å². The van der Waals surface area contributed by atoms with Gasteiger partial charge in [0.1, 0.15) is 0 Å². The first kappa shape index (κ1) is 18.1. The monoisotopic (exact) mass is 346 g/mol. The lowest BCUT2D eigenvalue weighted by Gasteiger charge is -2.14. The number of aromatic nitrogens is 1. The van der Waals surface area contributed by atoms with Crippen LogP contribution in [0.25, 0.3) is 0 Å². The molecule has 1 heterocycles. The Morgan fingerprint density at radius 1 is 1.25 bits per heavy atom. The molecule has 0 saturated heterocycles. The average molecular weight is 346 g/mol. The van der Waals surface area contributed by atoms with Crippen molar-refractivity contribution < 1.29 is 14.3 Å². The quantitative estimate of drug-likeness (QED) is 0.836. The van der Waals surface area contributed by atoms with Crippen LogP contribution in [0.1, 0.15) is 48.3 Å². The molecule has 6 heteroatoms. The highest BCUT2D eigenvalue weighted by atomic mass is 32.1. The molecule has 1 aromatic carbocycles. The number of rotatable bonds is 5. The number of nitrogens with zero attached hydrogens (tertiary/aromatic N) is 1. The zero-order valence-corrected chi connectivity index (χ0v) is 15.2. The van der Waals surface area contributed by atoms with E-state index in [9.17, 15) is 9.59 Å². The number of aryl methyl sites for hydroxylation is 1. The number of thiazole rings is 1. The van der Waals surface area contributed by atoms with Gasteiger partial charge in [-0.15, -0.1) is 11.3 Å². The number of methoxy groups -OCH3 is 1. The van der Waals surface area contributed by atoms with Crippen molar-refractivity contribution in [3.63, 3.8) is 0 Å². The number of nitrogens with one attached hydrogen (secondary N) is 1. The minimum Gasteiger partial charge on any atom is -0.465 e. The van der Waals surface area contributed by atoms with Crippen molar-refractivity contribution in [3.8, 4) is 0 Å². The molecule has 0 saturated carbocycles. The second kappa shape index (κ2) is 7.57. The number of amides is 1. The maximum absolute atomic E-state index is 12.2. The van der Waals surface area contributed by atoms with Gasteiger partial charge >= 0.3 is 5.97 Å². The highest BCUT2D eigenvalue weighted by Crippen LogP contribution is 2.24. The molecule has 2 rings (SSSR count). The number of anilines is 1. The van der Waals surface area contributed by atoms with Gasteiger partial charge in [0.05, 0.1) is 29.1 Å². The fourth-order valence-corrected chi connectivity index (χ4v) is 3.11. The van der Waals surface area contributed by atoms with E-state index in [4.69, 9.17) is 4.74 Å². The molecule has 0 fully saturated rings. The molecule has 128 valence electrons. The number of hydrogen-bond donors (Lipinski definition) is 1. The first-order valence-electron chi connectivity index (χ1n) is 7.73. The van der Waals surface area contributed by atoms with Gasteiger partial charge in [0.25, 0.3) is 0 Å². The predicted octanol–water partition coefficient (Wildman–Crippen LogP) is 3.80. The zero-order valence-electron chi connectivity index (χ0n) is 14.4. The van der Waals surface area contributed by atoms with Gasteiger partial charge in [-0.05, 0) is 12.1 Å². The van der Waals surface area contributed by atoms with Crippen LogP contribution in [-0.2, 0) is 21.4 Å². The zero-order chi connectivity index (χ0) is 17.7. The summed E-state index contributed by atoms with van der Waals surface area (Å²) in [5.74, 6) is -0.625. The molecule has 0 atom stereocenters. The van der Waals surface area contributed by atoms with Crippen LogP contribution in [0.5, 0.6) is 0 Å². The van der Waals surface area contributed by atoms with E-state index in [1.54, 1.807) is 35.6 Å². The second-order valence-electron chi connectivity index (χ2n) is 6.46. The van der Waals surface area contributed by atoms with Gasteiger partial charge in [-0.1, -0.05) is 32.9 Å². The standard InChI is InChI=1S/C18H22N2O3S/c1-18(2,3)14-11-24-16(20-14)10-9-15(21)19-13-8-6-5-7-12(13)17(22)23-4/h5-8,11H,9-10H2,1-4H3,(H,19,21). The molecule has 0 bridgehead atoms. The van der Waals surface area contributed by atoms with Crippen LogP contribution in [0.4, 0.5) is 5.69 Å². The third-order valence-electron chi connectivity index (χ3n) is 3.49. The molecule has 24 heavy (non-hydrogen) atoms. The lowest BCUT2D eigenvalue weighted by Crippen LogP contribution is -2.16. The van der Waals surface area contributed by atoms with E-state index >= 15 is 0 Å². The Balaban J connectivity index is 1.97. The van der Waals surface area contributed by atoms with E-state index in [-0.39, 0.29) is 11.3 Å². The van der Waals surface area contributed by atoms with E-state index in [1.807, 2.05) is 5.38 Å². The summed E-state index contributed by atoms with van der Waals surface area (Å²) in [6, 6.07) is 6.80. The maximum atomic E-state index is 12.2. The van der Waals surface area contributed by atoms with Crippen LogP contribution in [0.2, 0.25) is 0 Å². The Morgan fingerprint density at radius 2 is 1.96 bits per heavy atom. The first-order valence-corrected chi connectivity index (χ1v) is 8.61. The van der Waals surface area contributed by atoms with Crippen molar-refractivity contribution in [2.45, 2.75) is 39.0 Å². The fraction of sp³-hybridized carbons (Fsp3) is 0.389. The number of ether oxygens (including phenoxy) is 1. The molecule has 2 aromatic rings. The number of esters is 1. The van der Waals surface area contributed by atoms with Crippen LogP contribution >= 0.6 is 11.3 Å². The topological polar surface area (TPSA) is 68.3 Å². The number of carbonyl (C=O) groups is 2. The Kier molecular flexibility index (Phi) is 5.72. The van der Waals surface area contributed by atoms with Crippen LogP contribution in [0.15, 0.2) is 29.6 Å². The molecular formula is C18H22N2O3S. The summed E-state index contributed by atoms with van der Waals surface area (Å²) in [5, 5.41) is 5.75. The van der Waals surface area contributed by atoms with Crippen molar-refractivity contribution in [1.82, 2.24) is 4.98 Å². The minimum absolute atomic E-state index is 0.0104.